The van der Waals surface area contributed by atoms with Gasteiger partial charge in [-0.3, -0.25) is 4.79 Å². The molecule has 0 radical (unpaired) electrons. The molecule has 21 heavy (non-hydrogen) atoms. The van der Waals surface area contributed by atoms with Crippen LogP contribution < -0.4 is 0 Å². The molecule has 114 valence electrons. The Morgan fingerprint density at radius 2 is 2.00 bits per heavy atom. The third-order valence-electron chi connectivity index (χ3n) is 3.35. The standard InChI is InChI=1S/C18H25NO2/c1-4-5-8-13-19(15(2)3)18(21)17-12-7-6-10-16(17)11-9-14-20/h6-7,10,12,15,20H,4-5,8,13-14H2,1-3H3. The minimum Gasteiger partial charge on any atom is -0.384 e. The van der Waals surface area contributed by atoms with Gasteiger partial charge in [-0.25, -0.2) is 0 Å². The van der Waals surface area contributed by atoms with E-state index in [1.54, 1.807) is 6.07 Å². The highest BCUT2D eigenvalue weighted by molar-refractivity contribution is 5.96. The van der Waals surface area contributed by atoms with Crippen molar-refractivity contribution in [2.24, 2.45) is 0 Å². The van der Waals surface area contributed by atoms with Crippen molar-refractivity contribution in [3.05, 3.63) is 35.4 Å². The van der Waals surface area contributed by atoms with Crippen molar-refractivity contribution in [3.8, 4) is 11.8 Å². The lowest BCUT2D eigenvalue weighted by Gasteiger charge is -2.27. The topological polar surface area (TPSA) is 40.5 Å². The number of aliphatic hydroxyl groups excluding tert-OH is 1. The second kappa shape index (κ2) is 9.20. The van der Waals surface area contributed by atoms with Crippen molar-refractivity contribution in [3.63, 3.8) is 0 Å². The molecule has 0 atom stereocenters. The molecule has 3 nitrogen and oxygen atoms in total. The number of carbonyl (C=O) groups excluding carboxylic acids is 1. The van der Waals surface area contributed by atoms with Gasteiger partial charge in [0.25, 0.3) is 5.91 Å². The number of hydrogen-bond acceptors (Lipinski definition) is 2. The highest BCUT2D eigenvalue weighted by Gasteiger charge is 2.20. The molecule has 1 rings (SSSR count). The summed E-state index contributed by atoms with van der Waals surface area (Å²) in [5.74, 6) is 5.49. The molecule has 1 aromatic carbocycles. The molecule has 0 saturated heterocycles. The van der Waals surface area contributed by atoms with Crippen LogP contribution in [0.15, 0.2) is 24.3 Å². The first-order valence-electron chi connectivity index (χ1n) is 7.61. The fraction of sp³-hybridized carbons (Fsp3) is 0.500. The molecule has 3 heteroatoms. The van der Waals surface area contributed by atoms with E-state index in [1.165, 1.54) is 0 Å². The number of unbranched alkanes of at least 4 members (excludes halogenated alkanes) is 2. The molecule has 0 aliphatic carbocycles. The fourth-order valence-electron chi connectivity index (χ4n) is 2.19. The number of carbonyl (C=O) groups is 1. The molecule has 1 N–H and O–H groups in total. The zero-order valence-corrected chi connectivity index (χ0v) is 13.2. The smallest absolute Gasteiger partial charge is 0.255 e. The van der Waals surface area contributed by atoms with Gasteiger partial charge in [0.05, 0.1) is 5.56 Å². The van der Waals surface area contributed by atoms with Gasteiger partial charge in [0.2, 0.25) is 0 Å². The van der Waals surface area contributed by atoms with Gasteiger partial charge in [-0.1, -0.05) is 43.7 Å². The van der Waals surface area contributed by atoms with E-state index in [4.69, 9.17) is 5.11 Å². The van der Waals surface area contributed by atoms with Gasteiger partial charge in [0.15, 0.2) is 0 Å². The summed E-state index contributed by atoms with van der Waals surface area (Å²) in [4.78, 5) is 14.7. The largest absolute Gasteiger partial charge is 0.384 e. The Hall–Kier alpha value is -1.79. The van der Waals surface area contributed by atoms with Gasteiger partial charge in [-0.2, -0.15) is 0 Å². The molecule has 1 aromatic rings. The van der Waals surface area contributed by atoms with Gasteiger partial charge in [0.1, 0.15) is 6.61 Å². The van der Waals surface area contributed by atoms with E-state index in [1.807, 2.05) is 36.9 Å². The van der Waals surface area contributed by atoms with Crippen LogP contribution in [0.5, 0.6) is 0 Å². The molecule has 0 spiro atoms. The minimum absolute atomic E-state index is 0.0175. The molecule has 0 unspecified atom stereocenters. The van der Waals surface area contributed by atoms with Crippen LogP contribution in [0, 0.1) is 11.8 Å². The second-order valence-corrected chi connectivity index (χ2v) is 5.30. The Morgan fingerprint density at radius 3 is 2.62 bits per heavy atom. The van der Waals surface area contributed by atoms with E-state index >= 15 is 0 Å². The van der Waals surface area contributed by atoms with Crippen LogP contribution in [-0.2, 0) is 0 Å². The van der Waals surface area contributed by atoms with Crippen LogP contribution in [-0.4, -0.2) is 35.1 Å². The Morgan fingerprint density at radius 1 is 1.29 bits per heavy atom. The van der Waals surface area contributed by atoms with Gasteiger partial charge < -0.3 is 10.0 Å². The van der Waals surface area contributed by atoms with E-state index in [9.17, 15) is 4.79 Å². The lowest BCUT2D eigenvalue weighted by molar-refractivity contribution is 0.0702. The van der Waals surface area contributed by atoms with Crippen LogP contribution in [0.4, 0.5) is 0 Å². The van der Waals surface area contributed by atoms with Crippen molar-refractivity contribution in [2.45, 2.75) is 46.1 Å². The Kier molecular flexibility index (Phi) is 7.56. The first-order chi connectivity index (χ1) is 10.1. The number of rotatable bonds is 6. The normalized spacial score (nSPS) is 10.1. The summed E-state index contributed by atoms with van der Waals surface area (Å²) in [6, 6.07) is 7.49. The monoisotopic (exact) mass is 287 g/mol. The molecule has 0 bridgehead atoms. The summed E-state index contributed by atoms with van der Waals surface area (Å²) < 4.78 is 0. The first-order valence-corrected chi connectivity index (χ1v) is 7.61. The molecule has 0 aliphatic heterocycles. The van der Waals surface area contributed by atoms with Crippen LogP contribution in [0.25, 0.3) is 0 Å². The average Bonchev–Trinajstić information content (AvgIpc) is 2.49. The maximum absolute atomic E-state index is 12.8. The number of benzene rings is 1. The highest BCUT2D eigenvalue weighted by atomic mass is 16.2. The second-order valence-electron chi connectivity index (χ2n) is 5.30. The molecular weight excluding hydrogens is 262 g/mol. The van der Waals surface area contributed by atoms with Gasteiger partial charge in [-0.15, -0.1) is 0 Å². The third-order valence-corrected chi connectivity index (χ3v) is 3.35. The van der Waals surface area contributed by atoms with Gasteiger partial charge in [-0.05, 0) is 32.4 Å². The zero-order valence-electron chi connectivity index (χ0n) is 13.2. The van der Waals surface area contributed by atoms with Crippen molar-refractivity contribution < 1.29 is 9.90 Å². The third kappa shape index (κ3) is 5.24. The summed E-state index contributed by atoms with van der Waals surface area (Å²) in [6.07, 6.45) is 3.28. The fourth-order valence-corrected chi connectivity index (χ4v) is 2.19. The average molecular weight is 287 g/mol. The van der Waals surface area contributed by atoms with Crippen molar-refractivity contribution in [2.75, 3.05) is 13.2 Å². The maximum Gasteiger partial charge on any atom is 0.255 e. The summed E-state index contributed by atoms with van der Waals surface area (Å²) in [6.45, 7) is 6.79. The lowest BCUT2D eigenvalue weighted by atomic mass is 10.1. The van der Waals surface area contributed by atoms with Crippen LogP contribution in [0.3, 0.4) is 0 Å². The molecule has 0 fully saturated rings. The summed E-state index contributed by atoms with van der Waals surface area (Å²) >= 11 is 0. The summed E-state index contributed by atoms with van der Waals surface area (Å²) in [5.41, 5.74) is 1.29. The summed E-state index contributed by atoms with van der Waals surface area (Å²) in [5, 5.41) is 8.83. The van der Waals surface area contributed by atoms with Gasteiger partial charge in [0, 0.05) is 18.2 Å². The van der Waals surface area contributed by atoms with Crippen LogP contribution >= 0.6 is 0 Å². The predicted octanol–water partition coefficient (Wildman–Crippen LogP) is 3.07. The van der Waals surface area contributed by atoms with Gasteiger partial charge >= 0.3 is 0 Å². The molecule has 0 heterocycles. The van der Waals surface area contributed by atoms with Crippen LogP contribution in [0.1, 0.15) is 56.0 Å². The van der Waals surface area contributed by atoms with Crippen molar-refractivity contribution >= 4 is 5.91 Å². The Balaban J connectivity index is 2.98. The van der Waals surface area contributed by atoms with Crippen molar-refractivity contribution in [1.29, 1.82) is 0 Å². The van der Waals surface area contributed by atoms with E-state index in [0.717, 1.165) is 25.8 Å². The quantitative estimate of drug-likeness (QED) is 0.645. The Bertz CT molecular complexity index is 511. The maximum atomic E-state index is 12.8. The number of amides is 1. The number of aliphatic hydroxyl groups is 1. The predicted molar refractivity (Wildman–Crippen MR) is 86.1 cm³/mol. The highest BCUT2D eigenvalue weighted by Crippen LogP contribution is 2.14. The first kappa shape index (κ1) is 17.3. The number of nitrogens with zero attached hydrogens (tertiary/aromatic N) is 1. The van der Waals surface area contributed by atoms with E-state index in [0.29, 0.717) is 11.1 Å². The summed E-state index contributed by atoms with van der Waals surface area (Å²) in [7, 11) is 0. The molecule has 0 aromatic heterocycles. The zero-order chi connectivity index (χ0) is 15.7. The van der Waals surface area contributed by atoms with E-state index in [-0.39, 0.29) is 18.6 Å². The Labute approximate surface area is 128 Å². The SMILES string of the molecule is CCCCCN(C(=O)c1ccccc1C#CCO)C(C)C. The molecular formula is C18H25NO2. The molecule has 1 amide bonds. The lowest BCUT2D eigenvalue weighted by Crippen LogP contribution is -2.38. The molecule has 0 saturated carbocycles. The molecule has 0 aliphatic rings. The number of hydrogen-bond donors (Lipinski definition) is 1. The van der Waals surface area contributed by atoms with Crippen molar-refractivity contribution in [1.82, 2.24) is 4.90 Å². The van der Waals surface area contributed by atoms with E-state index in [2.05, 4.69) is 18.8 Å². The van der Waals surface area contributed by atoms with Crippen LogP contribution in [0.2, 0.25) is 0 Å². The minimum atomic E-state index is -0.201. The van der Waals surface area contributed by atoms with E-state index < -0.39 is 0 Å².